The molecule has 1 aliphatic heterocycles. The Labute approximate surface area is 183 Å². The SMILES string of the molecule is Cc1ccc([C@@H]2c3cccn3-c3ccccc3CN2S(=O)(=O)c2ccccc2C)cc1. The highest BCUT2D eigenvalue weighted by Gasteiger charge is 2.38. The molecule has 156 valence electrons. The fourth-order valence-electron chi connectivity index (χ4n) is 4.40. The van der Waals surface area contributed by atoms with Gasteiger partial charge in [0.05, 0.1) is 10.9 Å². The molecular formula is C26H24N2O2S. The van der Waals surface area contributed by atoms with Gasteiger partial charge in [-0.1, -0.05) is 66.2 Å². The van der Waals surface area contributed by atoms with Crippen LogP contribution in [0.3, 0.4) is 0 Å². The molecule has 0 amide bonds. The van der Waals surface area contributed by atoms with Crippen LogP contribution in [0.4, 0.5) is 0 Å². The second-order valence-corrected chi connectivity index (χ2v) is 9.92. The van der Waals surface area contributed by atoms with Crippen molar-refractivity contribution in [3.05, 3.63) is 119 Å². The van der Waals surface area contributed by atoms with Crippen LogP contribution in [0, 0.1) is 13.8 Å². The van der Waals surface area contributed by atoms with Crippen LogP contribution < -0.4 is 0 Å². The number of hydrogen-bond donors (Lipinski definition) is 0. The summed E-state index contributed by atoms with van der Waals surface area (Å²) in [4.78, 5) is 0.351. The molecule has 3 aromatic carbocycles. The zero-order valence-corrected chi connectivity index (χ0v) is 18.4. The van der Waals surface area contributed by atoms with Crippen molar-refractivity contribution in [3.63, 3.8) is 0 Å². The Morgan fingerprint density at radius 3 is 2.29 bits per heavy atom. The summed E-state index contributed by atoms with van der Waals surface area (Å²) >= 11 is 0. The molecule has 0 spiro atoms. The molecule has 2 heterocycles. The molecule has 0 saturated heterocycles. The predicted octanol–water partition coefficient (Wildman–Crippen LogP) is 5.39. The van der Waals surface area contributed by atoms with Crippen LogP contribution in [0.15, 0.2) is 96.0 Å². The average Bonchev–Trinajstić information content (AvgIpc) is 3.19. The summed E-state index contributed by atoms with van der Waals surface area (Å²) in [5.41, 5.74) is 5.78. The Morgan fingerprint density at radius 1 is 0.806 bits per heavy atom. The highest BCUT2D eigenvalue weighted by molar-refractivity contribution is 7.89. The summed E-state index contributed by atoms with van der Waals surface area (Å²) in [6, 6.07) is 26.9. The first-order chi connectivity index (χ1) is 15.0. The van der Waals surface area contributed by atoms with Crippen LogP contribution in [0.2, 0.25) is 0 Å². The summed E-state index contributed by atoms with van der Waals surface area (Å²) in [5.74, 6) is 0. The molecule has 5 rings (SSSR count). The van der Waals surface area contributed by atoms with Gasteiger partial charge in [0.1, 0.15) is 0 Å². The minimum Gasteiger partial charge on any atom is -0.319 e. The Balaban J connectivity index is 1.79. The fourth-order valence-corrected chi connectivity index (χ4v) is 6.20. The van der Waals surface area contributed by atoms with Gasteiger partial charge in [0, 0.05) is 24.1 Å². The maximum Gasteiger partial charge on any atom is 0.244 e. The first kappa shape index (κ1) is 19.8. The monoisotopic (exact) mass is 428 g/mol. The molecule has 4 nitrogen and oxygen atoms in total. The highest BCUT2D eigenvalue weighted by Crippen LogP contribution is 2.40. The minimum atomic E-state index is -3.77. The van der Waals surface area contributed by atoms with E-state index in [1.54, 1.807) is 16.4 Å². The van der Waals surface area contributed by atoms with Crippen molar-refractivity contribution < 1.29 is 8.42 Å². The third-order valence-corrected chi connectivity index (χ3v) is 7.97. The Hall–Kier alpha value is -3.15. The smallest absolute Gasteiger partial charge is 0.244 e. The number of benzene rings is 3. The second kappa shape index (κ2) is 7.52. The van der Waals surface area contributed by atoms with E-state index in [1.165, 1.54) is 0 Å². The molecule has 0 aliphatic carbocycles. The van der Waals surface area contributed by atoms with Crippen molar-refractivity contribution in [2.24, 2.45) is 0 Å². The first-order valence-corrected chi connectivity index (χ1v) is 11.8. The molecule has 0 unspecified atom stereocenters. The van der Waals surface area contributed by atoms with Crippen LogP contribution in [-0.2, 0) is 16.6 Å². The molecule has 0 saturated carbocycles. The van der Waals surface area contributed by atoms with Gasteiger partial charge in [-0.3, -0.25) is 0 Å². The lowest BCUT2D eigenvalue weighted by Gasteiger charge is -2.30. The summed E-state index contributed by atoms with van der Waals surface area (Å²) < 4.78 is 31.9. The topological polar surface area (TPSA) is 42.3 Å². The van der Waals surface area contributed by atoms with E-state index < -0.39 is 16.1 Å². The van der Waals surface area contributed by atoms with E-state index in [2.05, 4.69) is 10.6 Å². The lowest BCUT2D eigenvalue weighted by atomic mass is 10.0. The van der Waals surface area contributed by atoms with Gasteiger partial charge in [-0.25, -0.2) is 8.42 Å². The summed E-state index contributed by atoms with van der Waals surface area (Å²) in [6.45, 7) is 4.19. The molecule has 5 heteroatoms. The number of sulfonamides is 1. The number of aromatic nitrogens is 1. The Morgan fingerprint density at radius 2 is 1.52 bits per heavy atom. The molecule has 31 heavy (non-hydrogen) atoms. The van der Waals surface area contributed by atoms with Crippen molar-refractivity contribution in [1.29, 1.82) is 0 Å². The van der Waals surface area contributed by atoms with Gasteiger partial charge in [0.2, 0.25) is 10.0 Å². The van der Waals surface area contributed by atoms with E-state index in [1.807, 2.05) is 86.8 Å². The maximum absolute atomic E-state index is 14.1. The summed E-state index contributed by atoms with van der Waals surface area (Å²) in [6.07, 6.45) is 2.01. The molecule has 1 atom stereocenters. The number of aryl methyl sites for hydroxylation is 2. The number of hydrogen-bond acceptors (Lipinski definition) is 2. The van der Waals surface area contributed by atoms with E-state index in [-0.39, 0.29) is 0 Å². The minimum absolute atomic E-state index is 0.299. The maximum atomic E-state index is 14.1. The molecule has 0 bridgehead atoms. The van der Waals surface area contributed by atoms with Gasteiger partial charge in [0.25, 0.3) is 0 Å². The molecule has 0 N–H and O–H groups in total. The van der Waals surface area contributed by atoms with Gasteiger partial charge in [-0.2, -0.15) is 4.31 Å². The van der Waals surface area contributed by atoms with Crippen LogP contribution in [0.1, 0.15) is 34.0 Å². The van der Waals surface area contributed by atoms with Gasteiger partial charge < -0.3 is 4.57 Å². The Kier molecular flexibility index (Phi) is 4.80. The lowest BCUT2D eigenvalue weighted by Crippen LogP contribution is -2.35. The van der Waals surface area contributed by atoms with E-state index in [4.69, 9.17) is 0 Å². The highest BCUT2D eigenvalue weighted by atomic mass is 32.2. The molecule has 1 aromatic heterocycles. The Bertz CT molecular complexity index is 1350. The molecule has 0 radical (unpaired) electrons. The number of nitrogens with zero attached hydrogens (tertiary/aromatic N) is 2. The molecular weight excluding hydrogens is 404 g/mol. The number of fused-ring (bicyclic) bond motifs is 3. The van der Waals surface area contributed by atoms with Crippen molar-refractivity contribution in [3.8, 4) is 5.69 Å². The summed E-state index contributed by atoms with van der Waals surface area (Å²) in [5, 5.41) is 0. The normalized spacial score (nSPS) is 16.4. The van der Waals surface area contributed by atoms with E-state index >= 15 is 0 Å². The van der Waals surface area contributed by atoms with Crippen LogP contribution in [0.25, 0.3) is 5.69 Å². The quantitative estimate of drug-likeness (QED) is 0.439. The second-order valence-electron chi connectivity index (χ2n) is 8.06. The first-order valence-electron chi connectivity index (χ1n) is 10.4. The third kappa shape index (κ3) is 3.30. The van der Waals surface area contributed by atoms with Gasteiger partial charge in [-0.05, 0) is 54.8 Å². The van der Waals surface area contributed by atoms with Crippen LogP contribution >= 0.6 is 0 Å². The zero-order chi connectivity index (χ0) is 21.6. The van der Waals surface area contributed by atoms with Gasteiger partial charge in [-0.15, -0.1) is 0 Å². The van der Waals surface area contributed by atoms with Crippen molar-refractivity contribution in [2.75, 3.05) is 0 Å². The predicted molar refractivity (Wildman–Crippen MR) is 123 cm³/mol. The summed E-state index contributed by atoms with van der Waals surface area (Å²) in [7, 11) is -3.77. The van der Waals surface area contributed by atoms with Crippen molar-refractivity contribution in [1.82, 2.24) is 8.87 Å². The molecule has 1 aliphatic rings. The van der Waals surface area contributed by atoms with Crippen LogP contribution in [-0.4, -0.2) is 17.3 Å². The average molecular weight is 429 g/mol. The van der Waals surface area contributed by atoms with E-state index in [0.29, 0.717) is 11.4 Å². The number of para-hydroxylation sites is 1. The fraction of sp³-hybridized carbons (Fsp3) is 0.154. The van der Waals surface area contributed by atoms with Crippen molar-refractivity contribution in [2.45, 2.75) is 31.3 Å². The van der Waals surface area contributed by atoms with Gasteiger partial charge >= 0.3 is 0 Å². The van der Waals surface area contributed by atoms with E-state index in [0.717, 1.165) is 33.6 Å². The van der Waals surface area contributed by atoms with Gasteiger partial charge in [0.15, 0.2) is 0 Å². The third-order valence-electron chi connectivity index (χ3n) is 6.00. The standard InChI is InChI=1S/C26H24N2O2S/c1-19-13-15-21(16-14-19)26-24-11-7-17-27(24)23-10-5-4-9-22(23)18-28(26)31(29,30)25-12-6-3-8-20(25)2/h3-17,26H,18H2,1-2H3/t26-/m1/s1. The van der Waals surface area contributed by atoms with Crippen molar-refractivity contribution >= 4 is 10.0 Å². The van der Waals surface area contributed by atoms with Crippen LogP contribution in [0.5, 0.6) is 0 Å². The number of rotatable bonds is 3. The largest absolute Gasteiger partial charge is 0.319 e. The zero-order valence-electron chi connectivity index (χ0n) is 17.6. The lowest BCUT2D eigenvalue weighted by molar-refractivity contribution is 0.353. The van der Waals surface area contributed by atoms with E-state index in [9.17, 15) is 8.42 Å². The molecule has 4 aromatic rings. The molecule has 0 fully saturated rings.